The second kappa shape index (κ2) is 9.40. The molecule has 3 aromatic carbocycles. The first-order valence-electron chi connectivity index (χ1n) is 10.5. The highest BCUT2D eigenvalue weighted by Crippen LogP contribution is 2.28. The number of hydrogen-bond donors (Lipinski definition) is 1. The molecular weight excluding hydrogens is 372 g/mol. The highest BCUT2D eigenvalue weighted by Gasteiger charge is 2.21. The lowest BCUT2D eigenvalue weighted by molar-refractivity contribution is -0.128. The van der Waals surface area contributed by atoms with Crippen LogP contribution >= 0.6 is 0 Å². The van der Waals surface area contributed by atoms with Gasteiger partial charge in [0.2, 0.25) is 11.8 Å². The standard InChI is InChI=1S/C26H26N2O2/c29-25(18-24(21-10-3-1-4-11-21)22-12-5-2-6-13-22)27-23-14-7-9-20(17-23)19-28-16-8-15-26(28)30/h1-7,9-14,17,24H,8,15-16,18-19H2,(H,27,29). The van der Waals surface area contributed by atoms with Crippen LogP contribution in [0.2, 0.25) is 0 Å². The monoisotopic (exact) mass is 398 g/mol. The Balaban J connectivity index is 1.46. The van der Waals surface area contributed by atoms with Gasteiger partial charge < -0.3 is 10.2 Å². The topological polar surface area (TPSA) is 49.4 Å². The zero-order chi connectivity index (χ0) is 20.8. The van der Waals surface area contributed by atoms with Crippen molar-refractivity contribution in [3.8, 4) is 0 Å². The molecule has 0 spiro atoms. The molecule has 0 saturated carbocycles. The highest BCUT2D eigenvalue weighted by molar-refractivity contribution is 5.91. The minimum Gasteiger partial charge on any atom is -0.338 e. The summed E-state index contributed by atoms with van der Waals surface area (Å²) in [5.41, 5.74) is 4.05. The number of amides is 2. The smallest absolute Gasteiger partial charge is 0.225 e. The molecule has 0 aromatic heterocycles. The van der Waals surface area contributed by atoms with E-state index in [1.807, 2.05) is 65.6 Å². The highest BCUT2D eigenvalue weighted by atomic mass is 16.2. The van der Waals surface area contributed by atoms with E-state index >= 15 is 0 Å². The molecule has 1 aliphatic rings. The summed E-state index contributed by atoms with van der Waals surface area (Å²) in [6, 6.07) is 28.1. The van der Waals surface area contributed by atoms with E-state index in [-0.39, 0.29) is 17.7 Å². The van der Waals surface area contributed by atoms with Crippen molar-refractivity contribution in [3.63, 3.8) is 0 Å². The van der Waals surface area contributed by atoms with Crippen LogP contribution in [0.15, 0.2) is 84.9 Å². The lowest BCUT2D eigenvalue weighted by Crippen LogP contribution is -2.24. The third-order valence-corrected chi connectivity index (χ3v) is 5.55. The molecule has 1 saturated heterocycles. The second-order valence-electron chi connectivity index (χ2n) is 7.75. The molecule has 0 bridgehead atoms. The SMILES string of the molecule is O=C(CC(c1ccccc1)c1ccccc1)Nc1cccc(CN2CCCC2=O)c1. The Morgan fingerprint density at radius 3 is 2.17 bits per heavy atom. The minimum atomic E-state index is -0.0258. The average Bonchev–Trinajstić information content (AvgIpc) is 3.18. The van der Waals surface area contributed by atoms with Crippen molar-refractivity contribution in [3.05, 3.63) is 102 Å². The van der Waals surface area contributed by atoms with Crippen LogP contribution in [-0.4, -0.2) is 23.3 Å². The zero-order valence-electron chi connectivity index (χ0n) is 17.0. The van der Waals surface area contributed by atoms with Crippen molar-refractivity contribution in [2.75, 3.05) is 11.9 Å². The van der Waals surface area contributed by atoms with Crippen LogP contribution in [0, 0.1) is 0 Å². The molecule has 152 valence electrons. The maximum Gasteiger partial charge on any atom is 0.225 e. The first kappa shape index (κ1) is 19.9. The van der Waals surface area contributed by atoms with Gasteiger partial charge in [0.15, 0.2) is 0 Å². The number of nitrogens with zero attached hydrogens (tertiary/aromatic N) is 1. The molecule has 1 aliphatic heterocycles. The third-order valence-electron chi connectivity index (χ3n) is 5.55. The van der Waals surface area contributed by atoms with Crippen molar-refractivity contribution in [2.24, 2.45) is 0 Å². The van der Waals surface area contributed by atoms with Crippen LogP contribution in [0.25, 0.3) is 0 Å². The lowest BCUT2D eigenvalue weighted by Gasteiger charge is -2.19. The summed E-state index contributed by atoms with van der Waals surface area (Å²) < 4.78 is 0. The third kappa shape index (κ3) is 4.95. The van der Waals surface area contributed by atoms with Crippen LogP contribution in [0.4, 0.5) is 5.69 Å². The number of carbonyl (C=O) groups is 2. The Morgan fingerprint density at radius 1 is 0.900 bits per heavy atom. The van der Waals surface area contributed by atoms with E-state index in [9.17, 15) is 9.59 Å². The fourth-order valence-corrected chi connectivity index (χ4v) is 4.04. The fourth-order valence-electron chi connectivity index (χ4n) is 4.04. The van der Waals surface area contributed by atoms with E-state index in [2.05, 4.69) is 29.6 Å². The van der Waals surface area contributed by atoms with Gasteiger partial charge in [-0.2, -0.15) is 0 Å². The molecule has 0 unspecified atom stereocenters. The number of benzene rings is 3. The van der Waals surface area contributed by atoms with E-state index in [0.29, 0.717) is 19.4 Å². The summed E-state index contributed by atoms with van der Waals surface area (Å²) in [6.45, 7) is 1.41. The molecule has 0 atom stereocenters. The van der Waals surface area contributed by atoms with Crippen LogP contribution in [0.5, 0.6) is 0 Å². The van der Waals surface area contributed by atoms with Crippen molar-refractivity contribution in [1.29, 1.82) is 0 Å². The Morgan fingerprint density at radius 2 is 1.57 bits per heavy atom. The van der Waals surface area contributed by atoms with Gasteiger partial charge in [-0.15, -0.1) is 0 Å². The molecule has 4 rings (SSSR count). The van der Waals surface area contributed by atoms with Gasteiger partial charge in [-0.05, 0) is 35.2 Å². The first-order chi connectivity index (χ1) is 14.7. The molecule has 1 heterocycles. The molecule has 0 radical (unpaired) electrons. The number of likely N-dealkylation sites (tertiary alicyclic amines) is 1. The number of nitrogens with one attached hydrogen (secondary N) is 1. The molecule has 2 amide bonds. The van der Waals surface area contributed by atoms with E-state index in [1.54, 1.807) is 0 Å². The second-order valence-corrected chi connectivity index (χ2v) is 7.75. The van der Waals surface area contributed by atoms with Crippen LogP contribution in [0.1, 0.15) is 41.9 Å². The molecule has 0 aliphatic carbocycles. The van der Waals surface area contributed by atoms with Gasteiger partial charge in [-0.3, -0.25) is 9.59 Å². The van der Waals surface area contributed by atoms with E-state index in [1.165, 1.54) is 0 Å². The Bertz CT molecular complexity index is 962. The van der Waals surface area contributed by atoms with Crippen molar-refractivity contribution < 1.29 is 9.59 Å². The van der Waals surface area contributed by atoms with Crippen molar-refractivity contribution in [1.82, 2.24) is 4.90 Å². The van der Waals surface area contributed by atoms with Gasteiger partial charge >= 0.3 is 0 Å². The fraction of sp³-hybridized carbons (Fsp3) is 0.231. The summed E-state index contributed by atoms with van der Waals surface area (Å²) in [5.74, 6) is 0.179. The van der Waals surface area contributed by atoms with Crippen LogP contribution < -0.4 is 5.32 Å². The average molecular weight is 399 g/mol. The molecule has 30 heavy (non-hydrogen) atoms. The van der Waals surface area contributed by atoms with E-state index in [0.717, 1.165) is 35.3 Å². The number of hydrogen-bond acceptors (Lipinski definition) is 2. The predicted molar refractivity (Wildman–Crippen MR) is 119 cm³/mol. The quantitative estimate of drug-likeness (QED) is 0.611. The Kier molecular flexibility index (Phi) is 6.23. The number of anilines is 1. The first-order valence-corrected chi connectivity index (χ1v) is 10.5. The molecule has 3 aromatic rings. The zero-order valence-corrected chi connectivity index (χ0v) is 17.0. The Labute approximate surface area is 177 Å². The van der Waals surface area contributed by atoms with Gasteiger partial charge in [0.25, 0.3) is 0 Å². The summed E-state index contributed by atoms with van der Waals surface area (Å²) >= 11 is 0. The predicted octanol–water partition coefficient (Wildman–Crippen LogP) is 4.97. The molecular formula is C26H26N2O2. The maximum atomic E-state index is 12.9. The number of rotatable bonds is 7. The van der Waals surface area contributed by atoms with Crippen LogP contribution in [-0.2, 0) is 16.1 Å². The molecule has 4 nitrogen and oxygen atoms in total. The van der Waals surface area contributed by atoms with Gasteiger partial charge in [0, 0.05) is 37.5 Å². The van der Waals surface area contributed by atoms with Gasteiger partial charge in [0.05, 0.1) is 0 Å². The molecule has 1 N–H and O–H groups in total. The van der Waals surface area contributed by atoms with Crippen molar-refractivity contribution in [2.45, 2.75) is 31.7 Å². The summed E-state index contributed by atoms with van der Waals surface area (Å²) in [4.78, 5) is 26.7. The largest absolute Gasteiger partial charge is 0.338 e. The maximum absolute atomic E-state index is 12.9. The van der Waals surface area contributed by atoms with Gasteiger partial charge in [-0.25, -0.2) is 0 Å². The summed E-state index contributed by atoms with van der Waals surface area (Å²) in [6.07, 6.45) is 1.93. The van der Waals surface area contributed by atoms with E-state index < -0.39 is 0 Å². The Hall–Kier alpha value is -3.40. The normalized spacial score (nSPS) is 13.6. The molecule has 1 fully saturated rings. The van der Waals surface area contributed by atoms with Crippen molar-refractivity contribution >= 4 is 17.5 Å². The van der Waals surface area contributed by atoms with Crippen LogP contribution in [0.3, 0.4) is 0 Å². The van der Waals surface area contributed by atoms with E-state index in [4.69, 9.17) is 0 Å². The minimum absolute atomic E-state index is 0.00203. The molecule has 4 heteroatoms. The number of carbonyl (C=O) groups excluding carboxylic acids is 2. The van der Waals surface area contributed by atoms with Gasteiger partial charge in [0.1, 0.15) is 0 Å². The van der Waals surface area contributed by atoms with Gasteiger partial charge in [-0.1, -0.05) is 72.8 Å². The summed E-state index contributed by atoms with van der Waals surface area (Å²) in [7, 11) is 0. The lowest BCUT2D eigenvalue weighted by atomic mass is 9.88. The summed E-state index contributed by atoms with van der Waals surface area (Å²) in [5, 5.41) is 3.05.